The average molecular weight is 413 g/mol. The van der Waals surface area contributed by atoms with Gasteiger partial charge in [-0.25, -0.2) is 4.79 Å². The lowest BCUT2D eigenvalue weighted by molar-refractivity contribution is -0.155. The summed E-state index contributed by atoms with van der Waals surface area (Å²) in [5.74, 6) is -0.549. The van der Waals surface area contributed by atoms with Crippen molar-refractivity contribution in [3.05, 3.63) is 58.0 Å². The van der Waals surface area contributed by atoms with Crippen LogP contribution in [0.3, 0.4) is 0 Å². The Kier molecular flexibility index (Phi) is 6.63. The number of carbonyl (C=O) groups is 2. The van der Waals surface area contributed by atoms with Crippen molar-refractivity contribution < 1.29 is 19.1 Å². The van der Waals surface area contributed by atoms with E-state index in [-0.39, 0.29) is 6.61 Å². The number of hydrogen-bond acceptors (Lipinski definition) is 4. The predicted molar refractivity (Wildman–Crippen MR) is 95.3 cm³/mol. The first-order chi connectivity index (χ1) is 11.4. The molecule has 5 nitrogen and oxygen atoms in total. The van der Waals surface area contributed by atoms with E-state index in [1.807, 2.05) is 0 Å². The maximum atomic E-state index is 12.0. The van der Waals surface area contributed by atoms with Gasteiger partial charge in [-0.2, -0.15) is 0 Å². The van der Waals surface area contributed by atoms with Gasteiger partial charge in [0.1, 0.15) is 5.75 Å². The van der Waals surface area contributed by atoms with E-state index in [4.69, 9.17) is 21.1 Å². The Morgan fingerprint density at radius 1 is 1.21 bits per heavy atom. The molecule has 0 aliphatic heterocycles. The molecule has 2 aromatic rings. The van der Waals surface area contributed by atoms with Crippen molar-refractivity contribution >= 4 is 45.1 Å². The Bertz CT molecular complexity index is 721. The van der Waals surface area contributed by atoms with Crippen molar-refractivity contribution in [3.63, 3.8) is 0 Å². The van der Waals surface area contributed by atoms with Crippen molar-refractivity contribution in [1.82, 2.24) is 0 Å². The maximum Gasteiger partial charge on any atom is 0.344 e. The van der Waals surface area contributed by atoms with Gasteiger partial charge in [0.15, 0.2) is 12.7 Å². The number of rotatable bonds is 6. The maximum absolute atomic E-state index is 12.0. The minimum atomic E-state index is -0.954. The fourth-order valence-electron chi connectivity index (χ4n) is 1.77. The first-order valence-corrected chi connectivity index (χ1v) is 8.25. The van der Waals surface area contributed by atoms with Crippen LogP contribution in [0.4, 0.5) is 5.69 Å². The molecule has 0 saturated carbocycles. The van der Waals surface area contributed by atoms with E-state index < -0.39 is 18.0 Å². The quantitative estimate of drug-likeness (QED) is 0.727. The molecule has 0 bridgehead atoms. The van der Waals surface area contributed by atoms with Crippen LogP contribution in [0.25, 0.3) is 0 Å². The molecule has 0 saturated heterocycles. The third-order valence-corrected chi connectivity index (χ3v) is 3.70. The minimum Gasteiger partial charge on any atom is -0.482 e. The van der Waals surface area contributed by atoms with Gasteiger partial charge in [0.2, 0.25) is 0 Å². The van der Waals surface area contributed by atoms with Crippen LogP contribution >= 0.6 is 27.5 Å². The molecule has 0 aromatic heterocycles. The normalized spacial score (nSPS) is 11.5. The number of hydrogen-bond donors (Lipinski definition) is 1. The molecule has 1 amide bonds. The number of benzene rings is 2. The SMILES string of the molecule is C[C@H](OC(=O)COc1ccc(Br)cc1)C(=O)Nc1cccc(Cl)c1. The van der Waals surface area contributed by atoms with Gasteiger partial charge in [-0.05, 0) is 49.4 Å². The van der Waals surface area contributed by atoms with E-state index in [1.165, 1.54) is 6.92 Å². The van der Waals surface area contributed by atoms with Gasteiger partial charge in [-0.1, -0.05) is 33.6 Å². The first kappa shape index (κ1) is 18.3. The number of amides is 1. The van der Waals surface area contributed by atoms with E-state index in [9.17, 15) is 9.59 Å². The summed E-state index contributed by atoms with van der Waals surface area (Å²) in [6.45, 7) is 1.20. The Morgan fingerprint density at radius 2 is 1.92 bits per heavy atom. The molecule has 0 fully saturated rings. The van der Waals surface area contributed by atoms with Crippen LogP contribution in [0.5, 0.6) is 5.75 Å². The highest BCUT2D eigenvalue weighted by Crippen LogP contribution is 2.17. The highest BCUT2D eigenvalue weighted by molar-refractivity contribution is 9.10. The Hall–Kier alpha value is -2.05. The molecular formula is C17H15BrClNO4. The lowest BCUT2D eigenvalue weighted by Gasteiger charge is -2.14. The minimum absolute atomic E-state index is 0.281. The van der Waals surface area contributed by atoms with Crippen molar-refractivity contribution in [2.75, 3.05) is 11.9 Å². The second-order valence-corrected chi connectivity index (χ2v) is 6.23. The molecular weight excluding hydrogens is 398 g/mol. The molecule has 126 valence electrons. The molecule has 1 atom stereocenters. The number of carbonyl (C=O) groups excluding carboxylic acids is 2. The second kappa shape index (κ2) is 8.70. The zero-order valence-electron chi connectivity index (χ0n) is 12.8. The van der Waals surface area contributed by atoms with E-state index >= 15 is 0 Å². The largest absolute Gasteiger partial charge is 0.482 e. The Labute approximate surface area is 153 Å². The third kappa shape index (κ3) is 5.86. The van der Waals surface area contributed by atoms with E-state index in [0.29, 0.717) is 16.5 Å². The fraction of sp³-hybridized carbons (Fsp3) is 0.176. The zero-order chi connectivity index (χ0) is 17.5. The summed E-state index contributed by atoms with van der Waals surface area (Å²) in [4.78, 5) is 23.7. The smallest absolute Gasteiger partial charge is 0.344 e. The van der Waals surface area contributed by atoms with Crippen LogP contribution in [0, 0.1) is 0 Å². The predicted octanol–water partition coefficient (Wildman–Crippen LogP) is 4.05. The van der Waals surface area contributed by atoms with E-state index in [1.54, 1.807) is 48.5 Å². The number of nitrogens with one attached hydrogen (secondary N) is 1. The number of anilines is 1. The van der Waals surface area contributed by atoms with Gasteiger partial charge in [0.05, 0.1) is 0 Å². The summed E-state index contributed by atoms with van der Waals surface area (Å²) in [5.41, 5.74) is 0.529. The molecule has 0 unspecified atom stereocenters. The number of ether oxygens (including phenoxy) is 2. The number of esters is 1. The van der Waals surface area contributed by atoms with Gasteiger partial charge < -0.3 is 14.8 Å². The van der Waals surface area contributed by atoms with E-state index in [0.717, 1.165) is 4.47 Å². The van der Waals surface area contributed by atoms with Crippen LogP contribution in [-0.2, 0) is 14.3 Å². The molecule has 0 aliphatic rings. The van der Waals surface area contributed by atoms with Crippen LogP contribution in [0.2, 0.25) is 5.02 Å². The highest BCUT2D eigenvalue weighted by Gasteiger charge is 2.18. The van der Waals surface area contributed by atoms with Gasteiger partial charge >= 0.3 is 5.97 Å². The lowest BCUT2D eigenvalue weighted by atomic mass is 10.3. The topological polar surface area (TPSA) is 64.6 Å². The molecule has 0 spiro atoms. The summed E-state index contributed by atoms with van der Waals surface area (Å²) in [7, 11) is 0. The fourth-order valence-corrected chi connectivity index (χ4v) is 2.22. The second-order valence-electron chi connectivity index (χ2n) is 4.87. The summed E-state index contributed by atoms with van der Waals surface area (Å²) in [6, 6.07) is 13.7. The van der Waals surface area contributed by atoms with Crippen LogP contribution in [0.1, 0.15) is 6.92 Å². The summed E-state index contributed by atoms with van der Waals surface area (Å²) in [5, 5.41) is 3.12. The molecule has 0 heterocycles. The standard InChI is InChI=1S/C17H15BrClNO4/c1-11(17(22)20-14-4-2-3-13(19)9-14)24-16(21)10-23-15-7-5-12(18)6-8-15/h2-9,11H,10H2,1H3,(H,20,22)/t11-/m0/s1. The Morgan fingerprint density at radius 3 is 2.58 bits per heavy atom. The zero-order valence-corrected chi connectivity index (χ0v) is 15.1. The molecule has 0 radical (unpaired) electrons. The molecule has 0 aliphatic carbocycles. The monoisotopic (exact) mass is 411 g/mol. The van der Waals surface area contributed by atoms with Gasteiger partial charge in [-0.3, -0.25) is 4.79 Å². The molecule has 2 aromatic carbocycles. The molecule has 1 N–H and O–H groups in total. The summed E-state index contributed by atoms with van der Waals surface area (Å²) in [6.07, 6.45) is -0.954. The van der Waals surface area contributed by atoms with Crippen LogP contribution < -0.4 is 10.1 Å². The van der Waals surface area contributed by atoms with Crippen molar-refractivity contribution in [1.29, 1.82) is 0 Å². The molecule has 2 rings (SSSR count). The van der Waals surface area contributed by atoms with Gasteiger partial charge in [0, 0.05) is 15.2 Å². The Balaban J connectivity index is 1.80. The van der Waals surface area contributed by atoms with Crippen LogP contribution in [0.15, 0.2) is 53.0 Å². The summed E-state index contributed by atoms with van der Waals surface area (Å²) < 4.78 is 11.2. The first-order valence-electron chi connectivity index (χ1n) is 7.08. The number of halogens is 2. The average Bonchev–Trinajstić information content (AvgIpc) is 2.54. The van der Waals surface area contributed by atoms with Gasteiger partial charge in [0.25, 0.3) is 5.91 Å². The van der Waals surface area contributed by atoms with Gasteiger partial charge in [-0.15, -0.1) is 0 Å². The van der Waals surface area contributed by atoms with Crippen molar-refractivity contribution in [3.8, 4) is 5.75 Å². The van der Waals surface area contributed by atoms with Crippen LogP contribution in [-0.4, -0.2) is 24.6 Å². The van der Waals surface area contributed by atoms with Crippen molar-refractivity contribution in [2.45, 2.75) is 13.0 Å². The molecule has 7 heteroatoms. The van der Waals surface area contributed by atoms with E-state index in [2.05, 4.69) is 21.2 Å². The highest BCUT2D eigenvalue weighted by atomic mass is 79.9. The van der Waals surface area contributed by atoms with Crippen molar-refractivity contribution in [2.24, 2.45) is 0 Å². The lowest BCUT2D eigenvalue weighted by Crippen LogP contribution is -2.31. The third-order valence-electron chi connectivity index (χ3n) is 2.94. The summed E-state index contributed by atoms with van der Waals surface area (Å²) >= 11 is 9.15. The molecule has 24 heavy (non-hydrogen) atoms.